The van der Waals surface area contributed by atoms with Crippen LogP contribution < -0.4 is 5.73 Å². The van der Waals surface area contributed by atoms with Gasteiger partial charge in [-0.05, 0) is 31.7 Å². The molecular weight excluding hydrogens is 181 g/mol. The van der Waals surface area contributed by atoms with E-state index >= 15 is 0 Å². The molecule has 1 aromatic carbocycles. The molecule has 1 aliphatic carbocycles. The molecule has 1 saturated carbocycles. The zero-order chi connectivity index (χ0) is 10.3. The first-order chi connectivity index (χ1) is 6.54. The van der Waals surface area contributed by atoms with Gasteiger partial charge in [0.25, 0.3) is 0 Å². The molecular formula is C11H14FNO. The minimum absolute atomic E-state index is 0.271. The smallest absolute Gasteiger partial charge is 0.168 e. The van der Waals surface area contributed by atoms with E-state index in [2.05, 4.69) is 0 Å². The highest BCUT2D eigenvalue weighted by atomic mass is 19.1. The molecule has 0 heterocycles. The highest BCUT2D eigenvalue weighted by Crippen LogP contribution is 2.43. The van der Waals surface area contributed by atoms with Gasteiger partial charge in [0.1, 0.15) is 0 Å². The van der Waals surface area contributed by atoms with E-state index in [1.54, 1.807) is 19.1 Å². The Kier molecular flexibility index (Phi) is 2.00. The van der Waals surface area contributed by atoms with Crippen LogP contribution in [0.4, 0.5) is 4.39 Å². The highest BCUT2D eigenvalue weighted by molar-refractivity contribution is 5.43. The summed E-state index contributed by atoms with van der Waals surface area (Å²) in [6.45, 7) is 1.63. The number of phenols is 1. The number of benzene rings is 1. The lowest BCUT2D eigenvalue weighted by atomic mass is 9.72. The zero-order valence-electron chi connectivity index (χ0n) is 8.18. The summed E-state index contributed by atoms with van der Waals surface area (Å²) < 4.78 is 13.4. The quantitative estimate of drug-likeness (QED) is 0.721. The number of rotatable bonds is 1. The summed E-state index contributed by atoms with van der Waals surface area (Å²) in [7, 11) is 0. The summed E-state index contributed by atoms with van der Waals surface area (Å²) in [6.07, 6.45) is 2.69. The van der Waals surface area contributed by atoms with Crippen LogP contribution in [-0.4, -0.2) is 5.11 Å². The number of aromatic hydroxyl groups is 1. The van der Waals surface area contributed by atoms with Gasteiger partial charge in [-0.1, -0.05) is 12.1 Å². The van der Waals surface area contributed by atoms with Gasteiger partial charge in [0.2, 0.25) is 0 Å². The van der Waals surface area contributed by atoms with Crippen LogP contribution in [0.25, 0.3) is 0 Å². The van der Waals surface area contributed by atoms with Crippen molar-refractivity contribution in [2.45, 2.75) is 31.7 Å². The highest BCUT2D eigenvalue weighted by Gasteiger charge is 2.37. The average Bonchev–Trinajstić information content (AvgIpc) is 2.11. The molecule has 3 heteroatoms. The molecule has 0 amide bonds. The van der Waals surface area contributed by atoms with Crippen molar-refractivity contribution in [2.75, 3.05) is 0 Å². The molecule has 1 aliphatic rings. The van der Waals surface area contributed by atoms with E-state index in [0.717, 1.165) is 19.3 Å². The molecule has 3 N–H and O–H groups in total. The van der Waals surface area contributed by atoms with Crippen molar-refractivity contribution in [3.8, 4) is 5.75 Å². The van der Waals surface area contributed by atoms with Crippen molar-refractivity contribution in [1.29, 1.82) is 0 Å². The predicted molar refractivity (Wildman–Crippen MR) is 52.5 cm³/mol. The number of hydrogen-bond acceptors (Lipinski definition) is 2. The first kappa shape index (κ1) is 9.46. The monoisotopic (exact) mass is 195 g/mol. The van der Waals surface area contributed by atoms with Crippen LogP contribution in [0, 0.1) is 12.7 Å². The molecule has 0 radical (unpaired) electrons. The second-order valence-electron chi connectivity index (χ2n) is 4.10. The van der Waals surface area contributed by atoms with Crippen LogP contribution in [0.1, 0.15) is 30.4 Å². The number of hydrogen-bond donors (Lipinski definition) is 2. The molecule has 0 aromatic heterocycles. The van der Waals surface area contributed by atoms with Gasteiger partial charge >= 0.3 is 0 Å². The van der Waals surface area contributed by atoms with E-state index < -0.39 is 11.4 Å². The fourth-order valence-electron chi connectivity index (χ4n) is 1.89. The Bertz CT molecular complexity index is 372. The lowest BCUT2D eigenvalue weighted by molar-refractivity contribution is 0.243. The van der Waals surface area contributed by atoms with Gasteiger partial charge in [-0.25, -0.2) is 4.39 Å². The lowest BCUT2D eigenvalue weighted by Gasteiger charge is -2.39. The first-order valence-electron chi connectivity index (χ1n) is 4.82. The molecule has 2 nitrogen and oxygen atoms in total. The van der Waals surface area contributed by atoms with Gasteiger partial charge in [-0.15, -0.1) is 0 Å². The van der Waals surface area contributed by atoms with Crippen LogP contribution in [0.5, 0.6) is 5.75 Å². The number of phenolic OH excluding ortho intramolecular Hbond substituents is 1. The Morgan fingerprint density at radius 1 is 1.43 bits per heavy atom. The molecule has 0 spiro atoms. The van der Waals surface area contributed by atoms with E-state index in [1.165, 1.54) is 0 Å². The normalized spacial score (nSPS) is 19.1. The molecule has 76 valence electrons. The van der Waals surface area contributed by atoms with E-state index in [-0.39, 0.29) is 5.75 Å². The van der Waals surface area contributed by atoms with Crippen molar-refractivity contribution in [2.24, 2.45) is 5.73 Å². The van der Waals surface area contributed by atoms with Gasteiger partial charge in [0, 0.05) is 11.1 Å². The number of halogens is 1. The van der Waals surface area contributed by atoms with Gasteiger partial charge < -0.3 is 10.8 Å². The van der Waals surface area contributed by atoms with Crippen molar-refractivity contribution in [3.05, 3.63) is 29.1 Å². The van der Waals surface area contributed by atoms with Crippen molar-refractivity contribution in [3.63, 3.8) is 0 Å². The lowest BCUT2D eigenvalue weighted by Crippen LogP contribution is -2.43. The van der Waals surface area contributed by atoms with Crippen LogP contribution in [0.3, 0.4) is 0 Å². The standard InChI is InChI=1S/C11H14FNO/c1-7-3-4-8(10(14)9(7)12)11(13)5-2-6-11/h3-4,14H,2,5-6,13H2,1H3. The third-order valence-corrected chi connectivity index (χ3v) is 3.09. The molecule has 14 heavy (non-hydrogen) atoms. The molecule has 1 aromatic rings. The van der Waals surface area contributed by atoms with Gasteiger partial charge in [-0.2, -0.15) is 0 Å². The summed E-state index contributed by atoms with van der Waals surface area (Å²) in [5.41, 5.74) is 6.52. The fourth-order valence-corrected chi connectivity index (χ4v) is 1.89. The third-order valence-electron chi connectivity index (χ3n) is 3.09. The third kappa shape index (κ3) is 1.20. The minimum atomic E-state index is -0.542. The number of nitrogens with two attached hydrogens (primary N) is 1. The molecule has 1 fully saturated rings. The largest absolute Gasteiger partial charge is 0.505 e. The Balaban J connectivity index is 2.49. The Labute approximate surface area is 82.5 Å². The van der Waals surface area contributed by atoms with Crippen LogP contribution in [0.2, 0.25) is 0 Å². The molecule has 0 saturated heterocycles. The van der Waals surface area contributed by atoms with Crippen molar-refractivity contribution in [1.82, 2.24) is 0 Å². The van der Waals surface area contributed by atoms with E-state index in [1.807, 2.05) is 0 Å². The minimum Gasteiger partial charge on any atom is -0.505 e. The molecule has 0 unspecified atom stereocenters. The second-order valence-corrected chi connectivity index (χ2v) is 4.10. The zero-order valence-corrected chi connectivity index (χ0v) is 8.18. The summed E-state index contributed by atoms with van der Waals surface area (Å²) in [4.78, 5) is 0. The maximum absolute atomic E-state index is 13.4. The molecule has 0 aliphatic heterocycles. The average molecular weight is 195 g/mol. The molecule has 0 bridgehead atoms. The molecule has 0 atom stereocenters. The SMILES string of the molecule is Cc1ccc(C2(N)CCC2)c(O)c1F. The van der Waals surface area contributed by atoms with Gasteiger partial charge in [-0.3, -0.25) is 0 Å². The maximum Gasteiger partial charge on any atom is 0.168 e. The Morgan fingerprint density at radius 3 is 2.57 bits per heavy atom. The van der Waals surface area contributed by atoms with Gasteiger partial charge in [0.05, 0.1) is 0 Å². The van der Waals surface area contributed by atoms with Crippen LogP contribution in [-0.2, 0) is 5.54 Å². The topological polar surface area (TPSA) is 46.2 Å². The first-order valence-corrected chi connectivity index (χ1v) is 4.82. The summed E-state index contributed by atoms with van der Waals surface area (Å²) in [5, 5.41) is 9.62. The maximum atomic E-state index is 13.4. The van der Waals surface area contributed by atoms with Crippen molar-refractivity contribution >= 4 is 0 Å². The Hall–Kier alpha value is -1.09. The van der Waals surface area contributed by atoms with E-state index in [4.69, 9.17) is 5.73 Å². The summed E-state index contributed by atoms with van der Waals surface area (Å²) in [5.74, 6) is -0.813. The van der Waals surface area contributed by atoms with Crippen LogP contribution >= 0.6 is 0 Å². The molecule has 2 rings (SSSR count). The summed E-state index contributed by atoms with van der Waals surface area (Å²) in [6, 6.07) is 3.39. The van der Waals surface area contributed by atoms with Gasteiger partial charge in [0.15, 0.2) is 11.6 Å². The predicted octanol–water partition coefficient (Wildman–Crippen LogP) is 2.18. The Morgan fingerprint density at radius 2 is 2.07 bits per heavy atom. The van der Waals surface area contributed by atoms with Crippen LogP contribution in [0.15, 0.2) is 12.1 Å². The fraction of sp³-hybridized carbons (Fsp3) is 0.455. The number of aryl methyl sites for hydroxylation is 1. The van der Waals surface area contributed by atoms with E-state index in [0.29, 0.717) is 11.1 Å². The second kappa shape index (κ2) is 2.95. The summed E-state index contributed by atoms with van der Waals surface area (Å²) >= 11 is 0. The van der Waals surface area contributed by atoms with Crippen molar-refractivity contribution < 1.29 is 9.50 Å². The van der Waals surface area contributed by atoms with E-state index in [9.17, 15) is 9.50 Å².